The fraction of sp³-hybridized carbons (Fsp3) is 0.143. The van der Waals surface area contributed by atoms with Crippen molar-refractivity contribution in [3.8, 4) is 0 Å². The first kappa shape index (κ1) is 10.7. The summed E-state index contributed by atoms with van der Waals surface area (Å²) in [6, 6.07) is 2.81. The van der Waals surface area contributed by atoms with Gasteiger partial charge in [-0.25, -0.2) is 4.39 Å². The molecular formula is C7H7BBrFO3. The monoisotopic (exact) mass is 248 g/mol. The smallest absolute Gasteiger partial charge is 0.423 e. The summed E-state index contributed by atoms with van der Waals surface area (Å²) in [4.78, 5) is 0. The molecule has 0 aliphatic heterocycles. The average Bonchev–Trinajstić information content (AvgIpc) is 2.04. The van der Waals surface area contributed by atoms with Crippen LogP contribution in [0.15, 0.2) is 16.6 Å². The molecule has 0 heterocycles. The highest BCUT2D eigenvalue weighted by Gasteiger charge is 2.21. The van der Waals surface area contributed by atoms with Crippen molar-refractivity contribution in [1.82, 2.24) is 0 Å². The molecule has 1 rings (SSSR count). The minimum atomic E-state index is -1.89. The van der Waals surface area contributed by atoms with Crippen molar-refractivity contribution in [2.75, 3.05) is 0 Å². The molecule has 1 aromatic carbocycles. The Hall–Kier alpha value is -0.425. The summed E-state index contributed by atoms with van der Waals surface area (Å²) in [7, 11) is -1.89. The molecule has 0 amide bonds. The van der Waals surface area contributed by atoms with Gasteiger partial charge < -0.3 is 15.2 Å². The zero-order valence-electron chi connectivity index (χ0n) is 6.54. The first-order valence-electron chi connectivity index (χ1n) is 3.51. The van der Waals surface area contributed by atoms with Crippen molar-refractivity contribution in [2.24, 2.45) is 0 Å². The number of hydrogen-bond acceptors (Lipinski definition) is 3. The molecule has 1 aromatic rings. The molecule has 0 radical (unpaired) electrons. The quantitative estimate of drug-likeness (QED) is 0.634. The molecule has 0 aliphatic carbocycles. The molecule has 3 N–H and O–H groups in total. The molecule has 0 saturated carbocycles. The van der Waals surface area contributed by atoms with Gasteiger partial charge in [-0.1, -0.05) is 22.0 Å². The lowest BCUT2D eigenvalue weighted by molar-refractivity contribution is 0.276. The van der Waals surface area contributed by atoms with E-state index in [0.717, 1.165) is 0 Å². The van der Waals surface area contributed by atoms with Gasteiger partial charge in [-0.2, -0.15) is 0 Å². The predicted octanol–water partition coefficient (Wildman–Crippen LogP) is -0.240. The number of aliphatic hydroxyl groups is 1. The topological polar surface area (TPSA) is 60.7 Å². The zero-order valence-corrected chi connectivity index (χ0v) is 8.12. The van der Waals surface area contributed by atoms with Gasteiger partial charge in [-0.3, -0.25) is 0 Å². The van der Waals surface area contributed by atoms with Crippen LogP contribution >= 0.6 is 15.9 Å². The van der Waals surface area contributed by atoms with Gasteiger partial charge in [0.1, 0.15) is 5.82 Å². The second-order valence-corrected chi connectivity index (χ2v) is 3.32. The van der Waals surface area contributed by atoms with Crippen LogP contribution in [0.25, 0.3) is 0 Å². The van der Waals surface area contributed by atoms with Crippen LogP contribution in [-0.2, 0) is 6.61 Å². The van der Waals surface area contributed by atoms with Gasteiger partial charge in [0, 0.05) is 15.5 Å². The molecule has 0 spiro atoms. The van der Waals surface area contributed by atoms with Crippen molar-refractivity contribution in [1.29, 1.82) is 0 Å². The molecule has 70 valence electrons. The third-order valence-electron chi connectivity index (χ3n) is 1.64. The summed E-state index contributed by atoms with van der Waals surface area (Å²) < 4.78 is 13.5. The fourth-order valence-corrected chi connectivity index (χ4v) is 1.48. The van der Waals surface area contributed by atoms with Crippen molar-refractivity contribution in [3.63, 3.8) is 0 Å². The maximum absolute atomic E-state index is 13.3. The van der Waals surface area contributed by atoms with Gasteiger partial charge in [-0.15, -0.1) is 0 Å². The van der Waals surface area contributed by atoms with Crippen LogP contribution in [0, 0.1) is 5.82 Å². The van der Waals surface area contributed by atoms with E-state index in [1.807, 2.05) is 0 Å². The van der Waals surface area contributed by atoms with Gasteiger partial charge in [0.05, 0.1) is 6.61 Å². The molecule has 0 bridgehead atoms. The number of halogens is 2. The summed E-state index contributed by atoms with van der Waals surface area (Å²) >= 11 is 2.97. The minimum absolute atomic E-state index is 0.0336. The van der Waals surface area contributed by atoms with Crippen LogP contribution in [0.3, 0.4) is 0 Å². The van der Waals surface area contributed by atoms with E-state index in [-0.39, 0.29) is 15.5 Å². The Kier molecular flexibility index (Phi) is 3.43. The molecule has 6 heteroatoms. The van der Waals surface area contributed by atoms with Crippen LogP contribution in [0.5, 0.6) is 0 Å². The standard InChI is InChI=1S/C7H7BBrFO3/c9-5-2-1-4(3-11)7(10)6(5)8(12)13/h1-2,11-13H,3H2. The van der Waals surface area contributed by atoms with Crippen molar-refractivity contribution < 1.29 is 19.5 Å². The minimum Gasteiger partial charge on any atom is -0.423 e. The highest BCUT2D eigenvalue weighted by molar-refractivity contribution is 9.10. The van der Waals surface area contributed by atoms with Crippen molar-refractivity contribution in [2.45, 2.75) is 6.61 Å². The maximum atomic E-state index is 13.3. The molecule has 0 unspecified atom stereocenters. The van der Waals surface area contributed by atoms with Crippen LogP contribution in [0.2, 0.25) is 0 Å². The SMILES string of the molecule is OCc1ccc(Br)c(B(O)O)c1F. The number of benzene rings is 1. The zero-order chi connectivity index (χ0) is 10.0. The van der Waals surface area contributed by atoms with E-state index < -0.39 is 19.5 Å². The third-order valence-corrected chi connectivity index (χ3v) is 2.33. The van der Waals surface area contributed by atoms with Gasteiger partial charge >= 0.3 is 7.12 Å². The second kappa shape index (κ2) is 4.19. The second-order valence-electron chi connectivity index (χ2n) is 2.47. The summed E-state index contributed by atoms with van der Waals surface area (Å²) in [5.41, 5.74) is -0.224. The lowest BCUT2D eigenvalue weighted by Gasteiger charge is -2.07. The normalized spacial score (nSPS) is 10.2. The van der Waals surface area contributed by atoms with Crippen LogP contribution in [0.4, 0.5) is 4.39 Å². The lowest BCUT2D eigenvalue weighted by Crippen LogP contribution is -2.34. The van der Waals surface area contributed by atoms with E-state index in [9.17, 15) is 4.39 Å². The highest BCUT2D eigenvalue weighted by Crippen LogP contribution is 2.13. The number of aliphatic hydroxyl groups excluding tert-OH is 1. The highest BCUT2D eigenvalue weighted by atomic mass is 79.9. The Labute approximate surface area is 83.1 Å². The van der Waals surface area contributed by atoms with Crippen molar-refractivity contribution in [3.05, 3.63) is 28.0 Å². The van der Waals surface area contributed by atoms with E-state index in [2.05, 4.69) is 15.9 Å². The van der Waals surface area contributed by atoms with Gasteiger partial charge in [-0.05, 0) is 6.07 Å². The lowest BCUT2D eigenvalue weighted by atomic mass is 9.79. The predicted molar refractivity (Wildman–Crippen MR) is 49.8 cm³/mol. The summed E-state index contributed by atoms with van der Waals surface area (Å²) in [5.74, 6) is -0.799. The number of rotatable bonds is 2. The number of hydrogen-bond donors (Lipinski definition) is 3. The Balaban J connectivity index is 3.30. The van der Waals surface area contributed by atoms with E-state index >= 15 is 0 Å². The molecule has 0 aliphatic rings. The molecule has 0 aromatic heterocycles. The van der Waals surface area contributed by atoms with E-state index in [1.165, 1.54) is 12.1 Å². The van der Waals surface area contributed by atoms with Crippen LogP contribution < -0.4 is 5.46 Å². The van der Waals surface area contributed by atoms with Crippen LogP contribution in [0.1, 0.15) is 5.56 Å². The molecular weight excluding hydrogens is 242 g/mol. The summed E-state index contributed by atoms with van der Waals surface area (Å²) in [6.07, 6.45) is 0. The third kappa shape index (κ3) is 2.08. The molecule has 0 atom stereocenters. The first-order chi connectivity index (χ1) is 6.07. The Morgan fingerprint density at radius 2 is 2.00 bits per heavy atom. The van der Waals surface area contributed by atoms with Crippen molar-refractivity contribution >= 4 is 28.5 Å². The van der Waals surface area contributed by atoms with E-state index in [4.69, 9.17) is 15.2 Å². The summed E-state index contributed by atoms with van der Waals surface area (Å²) in [5, 5.41) is 26.3. The van der Waals surface area contributed by atoms with Gasteiger partial charge in [0.15, 0.2) is 0 Å². The molecule has 0 saturated heterocycles. The Morgan fingerprint density at radius 3 is 2.46 bits per heavy atom. The first-order valence-corrected chi connectivity index (χ1v) is 4.31. The Bertz CT molecular complexity index is 319. The Morgan fingerprint density at radius 1 is 1.38 bits per heavy atom. The molecule has 13 heavy (non-hydrogen) atoms. The fourth-order valence-electron chi connectivity index (χ4n) is 0.973. The molecule has 3 nitrogen and oxygen atoms in total. The van der Waals surface area contributed by atoms with Crippen LogP contribution in [-0.4, -0.2) is 22.3 Å². The van der Waals surface area contributed by atoms with Gasteiger partial charge in [0.25, 0.3) is 0 Å². The average molecular weight is 249 g/mol. The maximum Gasteiger partial charge on any atom is 0.492 e. The summed E-state index contributed by atoms with van der Waals surface area (Å²) in [6.45, 7) is -0.473. The van der Waals surface area contributed by atoms with Gasteiger partial charge in [0.2, 0.25) is 0 Å². The van der Waals surface area contributed by atoms with E-state index in [1.54, 1.807) is 0 Å². The largest absolute Gasteiger partial charge is 0.492 e. The van der Waals surface area contributed by atoms with E-state index in [0.29, 0.717) is 0 Å². The molecule has 0 fully saturated rings.